The minimum absolute atomic E-state index is 0.359. The van der Waals surface area contributed by atoms with Gasteiger partial charge in [0, 0.05) is 0 Å². The lowest BCUT2D eigenvalue weighted by Gasteiger charge is -2.21. The first-order chi connectivity index (χ1) is 26.6. The molecular formula is C49H97NO4. The van der Waals surface area contributed by atoms with Crippen molar-refractivity contribution in [2.75, 3.05) is 6.61 Å². The van der Waals surface area contributed by atoms with E-state index in [1.165, 1.54) is 218 Å². The summed E-state index contributed by atoms with van der Waals surface area (Å²) < 4.78 is 0. The molecule has 0 radical (unpaired) electrons. The molecule has 0 aromatic heterocycles. The average molecular weight is 764 g/mol. The topological polar surface area (TPSA) is 89.8 Å². The minimum Gasteiger partial charge on any atom is -0.394 e. The van der Waals surface area contributed by atoms with E-state index < -0.39 is 24.2 Å². The number of aliphatic hydroxyl groups is 3. The summed E-state index contributed by atoms with van der Waals surface area (Å²) in [6.45, 7) is 4.21. The lowest BCUT2D eigenvalue weighted by Crippen LogP contribution is -2.48. The standard InChI is InChI=1S/C49H97NO4/c1-3-5-7-9-11-13-15-17-19-21-22-23-24-25-26-28-30-32-34-36-38-40-42-44-48(53)49(54)50-46(45-51)47(52)43-41-39-37-35-33-31-29-27-20-18-16-14-12-10-8-6-4-2/h41,43,46-48,51-53H,3-40,42,44-45H2,1-2H3,(H,50,54)/b43-41+. The first-order valence-electron chi connectivity index (χ1n) is 24.5. The van der Waals surface area contributed by atoms with Gasteiger partial charge in [-0.2, -0.15) is 0 Å². The molecule has 4 N–H and O–H groups in total. The Kier molecular flexibility index (Phi) is 44.0. The van der Waals surface area contributed by atoms with Gasteiger partial charge in [0.15, 0.2) is 0 Å². The molecular weight excluding hydrogens is 667 g/mol. The minimum atomic E-state index is -1.09. The zero-order chi connectivity index (χ0) is 39.4. The van der Waals surface area contributed by atoms with E-state index in [1.807, 2.05) is 6.08 Å². The third kappa shape index (κ3) is 39.3. The van der Waals surface area contributed by atoms with Crippen LogP contribution in [0, 0.1) is 0 Å². The number of rotatable bonds is 45. The van der Waals surface area contributed by atoms with Gasteiger partial charge >= 0.3 is 0 Å². The predicted octanol–water partition coefficient (Wildman–Crippen LogP) is 14.4. The normalized spacial score (nSPS) is 13.5. The molecule has 0 saturated carbocycles. The quantitative estimate of drug-likeness (QED) is 0.0367. The van der Waals surface area contributed by atoms with Gasteiger partial charge in [0.1, 0.15) is 6.10 Å². The first-order valence-corrected chi connectivity index (χ1v) is 24.5. The maximum absolute atomic E-state index is 12.5. The van der Waals surface area contributed by atoms with Gasteiger partial charge in [0.05, 0.1) is 18.8 Å². The molecule has 0 spiro atoms. The molecule has 5 nitrogen and oxygen atoms in total. The number of carbonyl (C=O) groups is 1. The SMILES string of the molecule is CCCCCCCCCCCCCCCCC/C=C/C(O)C(CO)NC(=O)C(O)CCCCCCCCCCCCCCCCCCCCCCCCC. The number of nitrogens with one attached hydrogen (secondary N) is 1. The molecule has 0 rings (SSSR count). The van der Waals surface area contributed by atoms with Crippen molar-refractivity contribution in [3.05, 3.63) is 12.2 Å². The van der Waals surface area contributed by atoms with Gasteiger partial charge in [0.25, 0.3) is 0 Å². The van der Waals surface area contributed by atoms with Crippen molar-refractivity contribution in [3.8, 4) is 0 Å². The summed E-state index contributed by atoms with van der Waals surface area (Å²) >= 11 is 0. The van der Waals surface area contributed by atoms with Crippen LogP contribution in [0.4, 0.5) is 0 Å². The molecule has 0 aromatic carbocycles. The highest BCUT2D eigenvalue weighted by atomic mass is 16.3. The zero-order valence-corrected chi connectivity index (χ0v) is 36.6. The van der Waals surface area contributed by atoms with Gasteiger partial charge in [-0.1, -0.05) is 264 Å². The Bertz CT molecular complexity index is 758. The largest absolute Gasteiger partial charge is 0.394 e. The highest BCUT2D eigenvalue weighted by Gasteiger charge is 2.22. The number of hydrogen-bond acceptors (Lipinski definition) is 4. The van der Waals surface area contributed by atoms with Gasteiger partial charge in [0.2, 0.25) is 5.91 Å². The second-order valence-corrected chi connectivity index (χ2v) is 17.0. The number of hydrogen-bond donors (Lipinski definition) is 4. The number of allylic oxidation sites excluding steroid dienone is 1. The molecule has 3 atom stereocenters. The van der Waals surface area contributed by atoms with Crippen LogP contribution in [0.3, 0.4) is 0 Å². The Balaban J connectivity index is 3.58. The molecule has 0 heterocycles. The van der Waals surface area contributed by atoms with Crippen molar-refractivity contribution >= 4 is 5.91 Å². The van der Waals surface area contributed by atoms with Crippen LogP contribution in [0.2, 0.25) is 0 Å². The number of unbranched alkanes of at least 4 members (excludes halogenated alkanes) is 37. The van der Waals surface area contributed by atoms with Crippen LogP contribution in [0.1, 0.15) is 271 Å². The molecule has 54 heavy (non-hydrogen) atoms. The monoisotopic (exact) mass is 764 g/mol. The van der Waals surface area contributed by atoms with Gasteiger partial charge in [-0.05, 0) is 19.3 Å². The summed E-state index contributed by atoms with van der Waals surface area (Å²) in [5.41, 5.74) is 0. The lowest BCUT2D eigenvalue weighted by molar-refractivity contribution is -0.131. The Morgan fingerprint density at radius 1 is 0.444 bits per heavy atom. The molecule has 322 valence electrons. The van der Waals surface area contributed by atoms with Crippen LogP contribution < -0.4 is 5.32 Å². The van der Waals surface area contributed by atoms with E-state index in [0.29, 0.717) is 6.42 Å². The fourth-order valence-electron chi connectivity index (χ4n) is 7.78. The predicted molar refractivity (Wildman–Crippen MR) is 236 cm³/mol. The average Bonchev–Trinajstić information content (AvgIpc) is 3.18. The number of carbonyl (C=O) groups excluding carboxylic acids is 1. The second kappa shape index (κ2) is 44.8. The molecule has 0 saturated heterocycles. The van der Waals surface area contributed by atoms with E-state index in [2.05, 4.69) is 19.2 Å². The van der Waals surface area contributed by atoms with Crippen molar-refractivity contribution in [2.45, 2.75) is 289 Å². The zero-order valence-electron chi connectivity index (χ0n) is 36.6. The van der Waals surface area contributed by atoms with Crippen LogP contribution in [0.5, 0.6) is 0 Å². The number of aliphatic hydroxyl groups excluding tert-OH is 3. The molecule has 3 unspecified atom stereocenters. The number of amides is 1. The molecule has 0 bridgehead atoms. The van der Waals surface area contributed by atoms with Crippen molar-refractivity contribution in [2.24, 2.45) is 0 Å². The molecule has 0 fully saturated rings. The van der Waals surface area contributed by atoms with Crippen molar-refractivity contribution in [1.29, 1.82) is 0 Å². The van der Waals surface area contributed by atoms with Crippen LogP contribution >= 0.6 is 0 Å². The lowest BCUT2D eigenvalue weighted by atomic mass is 10.0. The summed E-state index contributed by atoms with van der Waals surface area (Å²) in [6.07, 6.45) is 54.0. The van der Waals surface area contributed by atoms with Crippen LogP contribution in [-0.2, 0) is 4.79 Å². The van der Waals surface area contributed by atoms with Crippen LogP contribution in [0.15, 0.2) is 12.2 Å². The van der Waals surface area contributed by atoms with Gasteiger partial charge in [-0.15, -0.1) is 0 Å². The summed E-state index contributed by atoms with van der Waals surface area (Å²) in [4.78, 5) is 12.5. The molecule has 5 heteroatoms. The Morgan fingerprint density at radius 2 is 0.722 bits per heavy atom. The Morgan fingerprint density at radius 3 is 1.02 bits per heavy atom. The van der Waals surface area contributed by atoms with Crippen LogP contribution in [0.25, 0.3) is 0 Å². The summed E-state index contributed by atoms with van der Waals surface area (Å²) in [7, 11) is 0. The highest BCUT2D eigenvalue weighted by molar-refractivity contribution is 5.80. The van der Waals surface area contributed by atoms with Crippen molar-refractivity contribution < 1.29 is 20.1 Å². The fraction of sp³-hybridized carbons (Fsp3) is 0.939. The fourth-order valence-corrected chi connectivity index (χ4v) is 7.78. The van der Waals surface area contributed by atoms with E-state index in [-0.39, 0.29) is 6.61 Å². The molecule has 1 amide bonds. The van der Waals surface area contributed by atoms with E-state index in [4.69, 9.17) is 0 Å². The molecule has 0 aliphatic rings. The van der Waals surface area contributed by atoms with E-state index >= 15 is 0 Å². The van der Waals surface area contributed by atoms with Crippen molar-refractivity contribution in [3.63, 3.8) is 0 Å². The molecule has 0 aromatic rings. The van der Waals surface area contributed by atoms with Gasteiger partial charge in [-0.25, -0.2) is 0 Å². The smallest absolute Gasteiger partial charge is 0.249 e. The second-order valence-electron chi connectivity index (χ2n) is 17.0. The summed E-state index contributed by atoms with van der Waals surface area (Å²) in [5, 5.41) is 33.2. The third-order valence-corrected chi connectivity index (χ3v) is 11.6. The molecule has 0 aliphatic carbocycles. The van der Waals surface area contributed by atoms with Crippen LogP contribution in [-0.4, -0.2) is 46.1 Å². The molecule has 0 aliphatic heterocycles. The third-order valence-electron chi connectivity index (χ3n) is 11.6. The summed E-state index contributed by atoms with van der Waals surface area (Å²) in [5.74, 6) is -0.497. The van der Waals surface area contributed by atoms with E-state index in [1.54, 1.807) is 6.08 Å². The van der Waals surface area contributed by atoms with Gasteiger partial charge in [-0.3, -0.25) is 4.79 Å². The maximum Gasteiger partial charge on any atom is 0.249 e. The maximum atomic E-state index is 12.5. The Labute approximate surface area is 338 Å². The van der Waals surface area contributed by atoms with E-state index in [9.17, 15) is 20.1 Å². The first kappa shape index (κ1) is 53.1. The van der Waals surface area contributed by atoms with Gasteiger partial charge < -0.3 is 20.6 Å². The van der Waals surface area contributed by atoms with Crippen molar-refractivity contribution in [1.82, 2.24) is 5.32 Å². The Hall–Kier alpha value is -0.910. The van der Waals surface area contributed by atoms with E-state index in [0.717, 1.165) is 32.1 Å². The highest BCUT2D eigenvalue weighted by Crippen LogP contribution is 2.17. The summed E-state index contributed by atoms with van der Waals surface area (Å²) in [6, 6.07) is -0.793.